The summed E-state index contributed by atoms with van der Waals surface area (Å²) in [4.78, 5) is 37.1. The fourth-order valence-corrected chi connectivity index (χ4v) is 2.89. The van der Waals surface area contributed by atoms with Crippen molar-refractivity contribution in [3.05, 3.63) is 54.0 Å². The molecule has 1 saturated heterocycles. The van der Waals surface area contributed by atoms with Crippen molar-refractivity contribution in [2.45, 2.75) is 19.4 Å². The van der Waals surface area contributed by atoms with Crippen molar-refractivity contribution in [3.63, 3.8) is 0 Å². The standard InChI is InChI=1S/C18H18N2O5/c21-16-8-13(10-20(16)11-14-5-3-7-25-14)18(24)19-15-6-2-1-4-12(15)9-17(22)23/h1-7,13H,8-11H2,(H,19,24)(H,22,23). The van der Waals surface area contributed by atoms with E-state index in [2.05, 4.69) is 5.32 Å². The molecule has 2 N–H and O–H groups in total. The van der Waals surface area contributed by atoms with Gasteiger partial charge in [0.2, 0.25) is 11.8 Å². The number of nitrogens with one attached hydrogen (secondary N) is 1. The lowest BCUT2D eigenvalue weighted by Gasteiger charge is -2.16. The van der Waals surface area contributed by atoms with Crippen molar-refractivity contribution in [2.75, 3.05) is 11.9 Å². The molecule has 1 aromatic carbocycles. The zero-order valence-electron chi connectivity index (χ0n) is 13.5. The monoisotopic (exact) mass is 342 g/mol. The van der Waals surface area contributed by atoms with Crippen molar-refractivity contribution in [2.24, 2.45) is 5.92 Å². The third-order valence-electron chi connectivity index (χ3n) is 4.13. The number of nitrogens with zero attached hydrogens (tertiary/aromatic N) is 1. The topological polar surface area (TPSA) is 99.8 Å². The first-order chi connectivity index (χ1) is 12.0. The molecule has 25 heavy (non-hydrogen) atoms. The molecule has 2 amide bonds. The van der Waals surface area contributed by atoms with E-state index in [1.165, 1.54) is 0 Å². The normalized spacial score (nSPS) is 16.9. The number of carboxylic acids is 1. The number of anilines is 1. The predicted octanol–water partition coefficient (Wildman–Crippen LogP) is 1.89. The molecule has 0 aliphatic carbocycles. The van der Waals surface area contributed by atoms with Crippen molar-refractivity contribution >= 4 is 23.5 Å². The smallest absolute Gasteiger partial charge is 0.307 e. The molecule has 1 atom stereocenters. The van der Waals surface area contributed by atoms with E-state index in [4.69, 9.17) is 9.52 Å². The van der Waals surface area contributed by atoms with Gasteiger partial charge in [0.15, 0.2) is 0 Å². The van der Waals surface area contributed by atoms with Gasteiger partial charge in [0.1, 0.15) is 5.76 Å². The number of aliphatic carboxylic acids is 1. The Morgan fingerprint density at radius 1 is 1.24 bits per heavy atom. The second-order valence-electron chi connectivity index (χ2n) is 5.97. The van der Waals surface area contributed by atoms with E-state index in [-0.39, 0.29) is 24.7 Å². The number of para-hydroxylation sites is 1. The van der Waals surface area contributed by atoms with Gasteiger partial charge in [-0.2, -0.15) is 0 Å². The molecule has 1 aromatic heterocycles. The van der Waals surface area contributed by atoms with Crippen LogP contribution in [0.1, 0.15) is 17.7 Å². The van der Waals surface area contributed by atoms with E-state index in [0.29, 0.717) is 30.1 Å². The van der Waals surface area contributed by atoms with E-state index in [1.54, 1.807) is 47.6 Å². The Kier molecular flexibility index (Phi) is 4.83. The molecule has 0 radical (unpaired) electrons. The van der Waals surface area contributed by atoms with Crippen molar-refractivity contribution in [1.29, 1.82) is 0 Å². The van der Waals surface area contributed by atoms with Gasteiger partial charge in [0.05, 0.1) is 25.1 Å². The van der Waals surface area contributed by atoms with Gasteiger partial charge in [-0.15, -0.1) is 0 Å². The van der Waals surface area contributed by atoms with Gasteiger partial charge < -0.3 is 19.7 Å². The lowest BCUT2D eigenvalue weighted by Crippen LogP contribution is -2.28. The maximum atomic E-state index is 12.5. The average Bonchev–Trinajstić information content (AvgIpc) is 3.20. The van der Waals surface area contributed by atoms with Crippen LogP contribution in [0.4, 0.5) is 5.69 Å². The fourth-order valence-electron chi connectivity index (χ4n) is 2.89. The van der Waals surface area contributed by atoms with Gasteiger partial charge in [-0.05, 0) is 23.8 Å². The summed E-state index contributed by atoms with van der Waals surface area (Å²) >= 11 is 0. The Hall–Kier alpha value is -3.09. The van der Waals surface area contributed by atoms with Crippen LogP contribution < -0.4 is 5.32 Å². The molecule has 130 valence electrons. The first-order valence-electron chi connectivity index (χ1n) is 7.93. The molecule has 1 unspecified atom stereocenters. The minimum absolute atomic E-state index is 0.102. The molecule has 2 heterocycles. The third-order valence-corrected chi connectivity index (χ3v) is 4.13. The Balaban J connectivity index is 1.64. The summed E-state index contributed by atoms with van der Waals surface area (Å²) in [6, 6.07) is 10.3. The summed E-state index contributed by atoms with van der Waals surface area (Å²) in [5, 5.41) is 11.7. The lowest BCUT2D eigenvalue weighted by molar-refractivity contribution is -0.136. The SMILES string of the molecule is O=C(O)Cc1ccccc1NC(=O)C1CC(=O)N(Cc2ccco2)C1. The Bertz CT molecular complexity index is 785. The van der Waals surface area contributed by atoms with Crippen LogP contribution in [0.2, 0.25) is 0 Å². The van der Waals surface area contributed by atoms with E-state index >= 15 is 0 Å². The highest BCUT2D eigenvalue weighted by molar-refractivity contribution is 5.98. The van der Waals surface area contributed by atoms with Crippen LogP contribution >= 0.6 is 0 Å². The number of carbonyl (C=O) groups is 3. The summed E-state index contributed by atoms with van der Waals surface area (Å²) in [7, 11) is 0. The first-order valence-corrected chi connectivity index (χ1v) is 7.93. The van der Waals surface area contributed by atoms with Gasteiger partial charge >= 0.3 is 5.97 Å². The van der Waals surface area contributed by atoms with Crippen molar-refractivity contribution in [1.82, 2.24) is 4.90 Å². The number of rotatable bonds is 6. The first kappa shape index (κ1) is 16.8. The van der Waals surface area contributed by atoms with Gasteiger partial charge in [-0.25, -0.2) is 0 Å². The number of hydrogen-bond acceptors (Lipinski definition) is 4. The number of likely N-dealkylation sites (tertiary alicyclic amines) is 1. The van der Waals surface area contributed by atoms with E-state index in [9.17, 15) is 14.4 Å². The number of amides is 2. The largest absolute Gasteiger partial charge is 0.481 e. The quantitative estimate of drug-likeness (QED) is 0.835. The molecule has 7 heteroatoms. The van der Waals surface area contributed by atoms with Crippen molar-refractivity contribution in [3.8, 4) is 0 Å². The molecule has 3 rings (SSSR count). The summed E-state index contributed by atoms with van der Waals surface area (Å²) < 4.78 is 5.24. The number of carbonyl (C=O) groups excluding carboxylic acids is 2. The fraction of sp³-hybridized carbons (Fsp3) is 0.278. The Morgan fingerprint density at radius 2 is 2.04 bits per heavy atom. The number of furan rings is 1. The lowest BCUT2D eigenvalue weighted by atomic mass is 10.1. The van der Waals surface area contributed by atoms with Crippen LogP contribution in [0.25, 0.3) is 0 Å². The second kappa shape index (κ2) is 7.21. The maximum Gasteiger partial charge on any atom is 0.307 e. The predicted molar refractivity (Wildman–Crippen MR) is 88.6 cm³/mol. The van der Waals surface area contributed by atoms with Gasteiger partial charge in [0.25, 0.3) is 0 Å². The molecule has 1 aliphatic heterocycles. The molecule has 1 fully saturated rings. The number of carboxylic acid groups (broad SMARTS) is 1. The Morgan fingerprint density at radius 3 is 2.76 bits per heavy atom. The number of benzene rings is 1. The molecule has 0 saturated carbocycles. The van der Waals surface area contributed by atoms with Crippen LogP contribution in [-0.2, 0) is 27.3 Å². The van der Waals surface area contributed by atoms with Gasteiger partial charge in [-0.1, -0.05) is 18.2 Å². The minimum atomic E-state index is -0.970. The summed E-state index contributed by atoms with van der Waals surface area (Å²) in [6.07, 6.45) is 1.50. The average molecular weight is 342 g/mol. The number of hydrogen-bond donors (Lipinski definition) is 2. The summed E-state index contributed by atoms with van der Waals surface area (Å²) in [5.74, 6) is -1.16. The maximum absolute atomic E-state index is 12.5. The second-order valence-corrected chi connectivity index (χ2v) is 5.97. The molecule has 0 spiro atoms. The Labute approximate surface area is 144 Å². The summed E-state index contributed by atoms with van der Waals surface area (Å²) in [6.45, 7) is 0.650. The minimum Gasteiger partial charge on any atom is -0.481 e. The van der Waals surface area contributed by atoms with Crippen LogP contribution in [0.15, 0.2) is 47.1 Å². The summed E-state index contributed by atoms with van der Waals surface area (Å²) in [5.41, 5.74) is 0.993. The van der Waals surface area contributed by atoms with Crippen molar-refractivity contribution < 1.29 is 23.9 Å². The van der Waals surface area contributed by atoms with E-state index in [1.807, 2.05) is 0 Å². The van der Waals surface area contributed by atoms with Crippen LogP contribution in [0.5, 0.6) is 0 Å². The third kappa shape index (κ3) is 4.06. The zero-order chi connectivity index (χ0) is 17.8. The molecule has 7 nitrogen and oxygen atoms in total. The molecular weight excluding hydrogens is 324 g/mol. The molecule has 2 aromatic rings. The van der Waals surface area contributed by atoms with E-state index < -0.39 is 11.9 Å². The molecular formula is C18H18N2O5. The van der Waals surface area contributed by atoms with Gasteiger partial charge in [0, 0.05) is 18.7 Å². The highest BCUT2D eigenvalue weighted by Gasteiger charge is 2.34. The molecule has 0 bridgehead atoms. The van der Waals surface area contributed by atoms with Gasteiger partial charge in [-0.3, -0.25) is 14.4 Å². The zero-order valence-corrected chi connectivity index (χ0v) is 13.5. The molecule has 1 aliphatic rings. The highest BCUT2D eigenvalue weighted by Crippen LogP contribution is 2.23. The van der Waals surface area contributed by atoms with Crippen LogP contribution in [0, 0.1) is 5.92 Å². The van der Waals surface area contributed by atoms with E-state index in [0.717, 1.165) is 0 Å². The van der Waals surface area contributed by atoms with Crippen LogP contribution in [-0.4, -0.2) is 34.3 Å². The highest BCUT2D eigenvalue weighted by atomic mass is 16.4. The van der Waals surface area contributed by atoms with Crippen LogP contribution in [0.3, 0.4) is 0 Å².